The topological polar surface area (TPSA) is 35.2 Å². The Balaban J connectivity index is 2.00. The zero-order valence-corrected chi connectivity index (χ0v) is 9.41. The number of hydrogen-bond acceptors (Lipinski definition) is 2. The monoisotopic (exact) mass is 215 g/mol. The molecule has 0 unspecified atom stereocenters. The Morgan fingerprint density at radius 2 is 2.12 bits per heavy atom. The fourth-order valence-corrected chi connectivity index (χ4v) is 1.71. The fraction of sp³-hybridized carbons (Fsp3) is 0.429. The summed E-state index contributed by atoms with van der Waals surface area (Å²) in [5.74, 6) is 7.52. The maximum Gasteiger partial charge on any atom is 0.134 e. The van der Waals surface area contributed by atoms with Crippen LogP contribution in [0.5, 0.6) is 5.75 Å². The van der Waals surface area contributed by atoms with E-state index in [1.807, 2.05) is 24.3 Å². The Labute approximate surface area is 96.8 Å². The Bertz CT molecular complexity index is 399. The lowest BCUT2D eigenvalue weighted by atomic mass is 9.86. The number of para-hydroxylation sites is 1. The summed E-state index contributed by atoms with van der Waals surface area (Å²) in [5.41, 5.74) is 6.30. The maximum atomic E-state index is 5.79. The van der Waals surface area contributed by atoms with Gasteiger partial charge in [-0.05, 0) is 30.9 Å². The average Bonchev–Trinajstić information content (AvgIpc) is 2.26. The van der Waals surface area contributed by atoms with Crippen LogP contribution < -0.4 is 10.5 Å². The van der Waals surface area contributed by atoms with Gasteiger partial charge in [-0.1, -0.05) is 30.4 Å². The summed E-state index contributed by atoms with van der Waals surface area (Å²) in [7, 11) is 0. The molecule has 0 amide bonds. The summed E-state index contributed by atoms with van der Waals surface area (Å²) in [4.78, 5) is 0. The largest absolute Gasteiger partial charge is 0.492 e. The zero-order valence-electron chi connectivity index (χ0n) is 9.41. The molecule has 1 aromatic carbocycles. The number of rotatable bonds is 3. The molecule has 0 heterocycles. The molecule has 0 radical (unpaired) electrons. The van der Waals surface area contributed by atoms with Gasteiger partial charge in [-0.3, -0.25) is 0 Å². The highest BCUT2D eigenvalue weighted by molar-refractivity contribution is 5.45. The standard InChI is InChI=1S/C14H17NO/c15-10-4-8-13-7-1-2-9-14(13)16-11-12-5-3-6-12/h1-2,7,9,12H,3,5-6,10-11,15H2. The van der Waals surface area contributed by atoms with Crippen molar-refractivity contribution in [3.8, 4) is 17.6 Å². The first-order chi connectivity index (χ1) is 7.90. The minimum absolute atomic E-state index is 0.386. The molecule has 1 fully saturated rings. The van der Waals surface area contributed by atoms with E-state index < -0.39 is 0 Å². The normalized spacial score (nSPS) is 14.8. The second kappa shape index (κ2) is 5.58. The van der Waals surface area contributed by atoms with Crippen LogP contribution in [-0.2, 0) is 0 Å². The first kappa shape index (κ1) is 11.0. The summed E-state index contributed by atoms with van der Waals surface area (Å²) in [6.07, 6.45) is 3.95. The lowest BCUT2D eigenvalue weighted by molar-refractivity contribution is 0.180. The molecule has 16 heavy (non-hydrogen) atoms. The Morgan fingerprint density at radius 1 is 1.31 bits per heavy atom. The van der Waals surface area contributed by atoms with Crippen LogP contribution >= 0.6 is 0 Å². The van der Waals surface area contributed by atoms with Gasteiger partial charge in [-0.25, -0.2) is 0 Å². The van der Waals surface area contributed by atoms with Gasteiger partial charge in [0.2, 0.25) is 0 Å². The summed E-state index contributed by atoms with van der Waals surface area (Å²) in [6.45, 7) is 1.21. The minimum atomic E-state index is 0.386. The average molecular weight is 215 g/mol. The Morgan fingerprint density at radius 3 is 2.81 bits per heavy atom. The van der Waals surface area contributed by atoms with Crippen LogP contribution in [-0.4, -0.2) is 13.2 Å². The van der Waals surface area contributed by atoms with Gasteiger partial charge in [-0.15, -0.1) is 0 Å². The van der Waals surface area contributed by atoms with E-state index in [4.69, 9.17) is 10.5 Å². The first-order valence-electron chi connectivity index (χ1n) is 5.81. The van der Waals surface area contributed by atoms with Crippen LogP contribution in [0.1, 0.15) is 24.8 Å². The molecule has 2 N–H and O–H groups in total. The van der Waals surface area contributed by atoms with Crippen molar-refractivity contribution in [3.63, 3.8) is 0 Å². The van der Waals surface area contributed by atoms with Crippen LogP contribution in [0.25, 0.3) is 0 Å². The fourth-order valence-electron chi connectivity index (χ4n) is 1.71. The summed E-state index contributed by atoms with van der Waals surface area (Å²) >= 11 is 0. The van der Waals surface area contributed by atoms with Crippen LogP contribution in [0.15, 0.2) is 24.3 Å². The van der Waals surface area contributed by atoms with Crippen molar-refractivity contribution < 1.29 is 4.74 Å². The molecular weight excluding hydrogens is 198 g/mol. The van der Waals surface area contributed by atoms with Crippen LogP contribution in [0.4, 0.5) is 0 Å². The molecular formula is C14H17NO. The second-order valence-corrected chi connectivity index (χ2v) is 4.11. The van der Waals surface area contributed by atoms with Gasteiger partial charge in [-0.2, -0.15) is 0 Å². The molecule has 0 aliphatic heterocycles. The molecule has 0 spiro atoms. The lowest BCUT2D eigenvalue weighted by Gasteiger charge is -2.25. The highest BCUT2D eigenvalue weighted by Crippen LogP contribution is 2.27. The second-order valence-electron chi connectivity index (χ2n) is 4.11. The molecule has 1 aliphatic carbocycles. The van der Waals surface area contributed by atoms with Crippen molar-refractivity contribution in [1.82, 2.24) is 0 Å². The Hall–Kier alpha value is -1.46. The third kappa shape index (κ3) is 2.77. The SMILES string of the molecule is NCC#Cc1ccccc1OCC1CCC1. The van der Waals surface area contributed by atoms with Gasteiger partial charge in [0.1, 0.15) is 5.75 Å². The third-order valence-electron chi connectivity index (χ3n) is 2.91. The highest BCUT2D eigenvalue weighted by atomic mass is 16.5. The van der Waals surface area contributed by atoms with Gasteiger partial charge in [0.25, 0.3) is 0 Å². The molecule has 0 bridgehead atoms. The number of benzene rings is 1. The van der Waals surface area contributed by atoms with Crippen molar-refractivity contribution in [3.05, 3.63) is 29.8 Å². The van der Waals surface area contributed by atoms with E-state index in [1.54, 1.807) is 0 Å². The summed E-state index contributed by atoms with van der Waals surface area (Å²) in [5, 5.41) is 0. The predicted octanol–water partition coefficient (Wildman–Crippen LogP) is 2.18. The Kier molecular flexibility index (Phi) is 3.85. The highest BCUT2D eigenvalue weighted by Gasteiger charge is 2.18. The summed E-state index contributed by atoms with van der Waals surface area (Å²) < 4.78 is 5.79. The molecule has 2 rings (SSSR count). The molecule has 2 heteroatoms. The molecule has 0 atom stereocenters. The molecule has 2 nitrogen and oxygen atoms in total. The lowest BCUT2D eigenvalue weighted by Crippen LogP contribution is -2.19. The van der Waals surface area contributed by atoms with Crippen LogP contribution in [0.3, 0.4) is 0 Å². The van der Waals surface area contributed by atoms with E-state index >= 15 is 0 Å². The van der Waals surface area contributed by atoms with E-state index in [0.717, 1.165) is 23.8 Å². The van der Waals surface area contributed by atoms with Gasteiger partial charge in [0.05, 0.1) is 18.7 Å². The molecule has 84 valence electrons. The van der Waals surface area contributed by atoms with E-state index in [2.05, 4.69) is 11.8 Å². The van der Waals surface area contributed by atoms with Gasteiger partial charge in [0.15, 0.2) is 0 Å². The maximum absolute atomic E-state index is 5.79. The summed E-state index contributed by atoms with van der Waals surface area (Å²) in [6, 6.07) is 7.89. The molecule has 1 aliphatic rings. The van der Waals surface area contributed by atoms with Crippen molar-refractivity contribution in [2.75, 3.05) is 13.2 Å². The van der Waals surface area contributed by atoms with Crippen molar-refractivity contribution >= 4 is 0 Å². The zero-order chi connectivity index (χ0) is 11.2. The van der Waals surface area contributed by atoms with E-state index in [1.165, 1.54) is 19.3 Å². The van der Waals surface area contributed by atoms with Crippen LogP contribution in [0.2, 0.25) is 0 Å². The van der Waals surface area contributed by atoms with Gasteiger partial charge >= 0.3 is 0 Å². The van der Waals surface area contributed by atoms with Crippen LogP contribution in [0, 0.1) is 17.8 Å². The van der Waals surface area contributed by atoms with E-state index in [-0.39, 0.29) is 0 Å². The predicted molar refractivity (Wildman–Crippen MR) is 65.2 cm³/mol. The molecule has 0 saturated heterocycles. The minimum Gasteiger partial charge on any atom is -0.492 e. The van der Waals surface area contributed by atoms with E-state index in [9.17, 15) is 0 Å². The number of ether oxygens (including phenoxy) is 1. The van der Waals surface area contributed by atoms with Crippen molar-refractivity contribution in [1.29, 1.82) is 0 Å². The molecule has 1 saturated carbocycles. The van der Waals surface area contributed by atoms with Gasteiger partial charge in [0, 0.05) is 0 Å². The van der Waals surface area contributed by atoms with Crippen molar-refractivity contribution in [2.45, 2.75) is 19.3 Å². The van der Waals surface area contributed by atoms with Crippen molar-refractivity contribution in [2.24, 2.45) is 11.7 Å². The molecule has 0 aromatic heterocycles. The quantitative estimate of drug-likeness (QED) is 0.784. The smallest absolute Gasteiger partial charge is 0.134 e. The van der Waals surface area contributed by atoms with Gasteiger partial charge < -0.3 is 10.5 Å². The van der Waals surface area contributed by atoms with E-state index in [0.29, 0.717) is 6.54 Å². The first-order valence-corrected chi connectivity index (χ1v) is 5.81. The third-order valence-corrected chi connectivity index (χ3v) is 2.91. The molecule has 1 aromatic rings. The number of hydrogen-bond donors (Lipinski definition) is 1. The number of nitrogens with two attached hydrogens (primary N) is 1.